The molecule has 1 aliphatic heterocycles. The van der Waals surface area contributed by atoms with Gasteiger partial charge in [-0.05, 0) is 41.5 Å². The second-order valence-corrected chi connectivity index (χ2v) is 8.99. The molecule has 0 atom stereocenters. The fourth-order valence-electron chi connectivity index (χ4n) is 3.45. The summed E-state index contributed by atoms with van der Waals surface area (Å²) >= 11 is 6.27. The highest BCUT2D eigenvalue weighted by Gasteiger charge is 2.23. The lowest BCUT2D eigenvalue weighted by Gasteiger charge is -2.09. The molecule has 1 fully saturated rings. The number of furan rings is 1. The average molecular weight is 475 g/mol. The van der Waals surface area contributed by atoms with Crippen LogP contribution < -0.4 is 14.8 Å². The summed E-state index contributed by atoms with van der Waals surface area (Å²) in [6.45, 7) is 0.440. The van der Waals surface area contributed by atoms with Crippen LogP contribution in [0, 0.1) is 0 Å². The molecule has 0 saturated carbocycles. The van der Waals surface area contributed by atoms with Crippen molar-refractivity contribution in [3.63, 3.8) is 0 Å². The summed E-state index contributed by atoms with van der Waals surface area (Å²) in [7, 11) is 1.64. The number of hydrogen-bond acceptors (Lipinski definition) is 7. The van der Waals surface area contributed by atoms with Crippen LogP contribution in [-0.2, 0) is 11.4 Å². The number of pyridine rings is 1. The number of carbonyl (C=O) groups is 1. The molecule has 1 aliphatic rings. The fraction of sp³-hybridized carbons (Fsp3) is 0.0800. The Balaban J connectivity index is 1.40. The van der Waals surface area contributed by atoms with Gasteiger partial charge in [-0.3, -0.25) is 9.78 Å². The first-order valence-corrected chi connectivity index (χ1v) is 11.3. The molecule has 2 aromatic carbocycles. The van der Waals surface area contributed by atoms with Gasteiger partial charge in [-0.25, -0.2) is 0 Å². The number of nitrogens with zero attached hydrogens (tertiary/aromatic N) is 1. The van der Waals surface area contributed by atoms with Crippen molar-refractivity contribution in [1.82, 2.24) is 10.3 Å². The van der Waals surface area contributed by atoms with Gasteiger partial charge in [0.1, 0.15) is 33.8 Å². The SMILES string of the molecule is COc1ccc(COc2cccc(-c3cncc4cc(/C=C5/SC(=S)NC5=O)oc34)c2)cc1. The third-order valence-electron chi connectivity index (χ3n) is 5.07. The van der Waals surface area contributed by atoms with Gasteiger partial charge in [0, 0.05) is 29.4 Å². The van der Waals surface area contributed by atoms with Crippen LogP contribution in [0.25, 0.3) is 28.2 Å². The smallest absolute Gasteiger partial charge is 0.263 e. The number of benzene rings is 2. The minimum Gasteiger partial charge on any atom is -0.497 e. The van der Waals surface area contributed by atoms with Gasteiger partial charge >= 0.3 is 0 Å². The maximum absolute atomic E-state index is 12.0. The third-order valence-corrected chi connectivity index (χ3v) is 6.23. The van der Waals surface area contributed by atoms with Crippen LogP contribution >= 0.6 is 24.0 Å². The predicted octanol–water partition coefficient (Wildman–Crippen LogP) is 5.57. The zero-order valence-corrected chi connectivity index (χ0v) is 19.2. The van der Waals surface area contributed by atoms with Gasteiger partial charge in [0.25, 0.3) is 5.91 Å². The Hall–Kier alpha value is -3.62. The van der Waals surface area contributed by atoms with E-state index in [1.54, 1.807) is 25.6 Å². The molecule has 2 aromatic heterocycles. The average Bonchev–Trinajstić information content (AvgIpc) is 3.39. The van der Waals surface area contributed by atoms with E-state index >= 15 is 0 Å². The van der Waals surface area contributed by atoms with E-state index in [0.29, 0.717) is 27.2 Å². The number of aromatic nitrogens is 1. The standard InChI is InChI=1S/C25H18N2O4S2/c1-29-18-7-5-15(6-8-18)14-30-19-4-2-3-16(9-19)21-13-26-12-17-10-20(31-23(17)21)11-22-24(28)27-25(32)33-22/h2-13H,14H2,1H3,(H,27,28,32)/b22-11+. The predicted molar refractivity (Wildman–Crippen MR) is 133 cm³/mol. The Morgan fingerprint density at radius 1 is 1.12 bits per heavy atom. The molecule has 6 nitrogen and oxygen atoms in total. The molecule has 1 N–H and O–H groups in total. The molecule has 0 radical (unpaired) electrons. The number of ether oxygens (including phenoxy) is 2. The van der Waals surface area contributed by atoms with Crippen LogP contribution in [0.1, 0.15) is 11.3 Å². The van der Waals surface area contributed by atoms with Crippen molar-refractivity contribution in [3.05, 3.63) is 83.2 Å². The van der Waals surface area contributed by atoms with Crippen molar-refractivity contribution >= 4 is 51.3 Å². The quantitative estimate of drug-likeness (QED) is 0.289. The Bertz CT molecular complexity index is 1390. The molecular formula is C25H18N2O4S2. The maximum atomic E-state index is 12.0. The molecule has 5 rings (SSSR count). The first kappa shape index (κ1) is 21.2. The second-order valence-electron chi connectivity index (χ2n) is 7.27. The highest BCUT2D eigenvalue weighted by atomic mass is 32.2. The normalized spacial score (nSPS) is 14.6. The van der Waals surface area contributed by atoms with Gasteiger partial charge in [0.05, 0.1) is 12.0 Å². The van der Waals surface area contributed by atoms with E-state index in [2.05, 4.69) is 10.3 Å². The highest BCUT2D eigenvalue weighted by molar-refractivity contribution is 8.26. The zero-order valence-electron chi connectivity index (χ0n) is 17.5. The highest BCUT2D eigenvalue weighted by Crippen LogP contribution is 2.34. The minimum atomic E-state index is -0.217. The monoisotopic (exact) mass is 474 g/mol. The number of fused-ring (bicyclic) bond motifs is 1. The van der Waals surface area contributed by atoms with Gasteiger partial charge in [-0.2, -0.15) is 0 Å². The number of methoxy groups -OCH3 is 1. The summed E-state index contributed by atoms with van der Waals surface area (Å²) in [4.78, 5) is 16.8. The number of thioether (sulfide) groups is 1. The molecule has 0 bridgehead atoms. The van der Waals surface area contributed by atoms with Crippen molar-refractivity contribution in [3.8, 4) is 22.6 Å². The summed E-state index contributed by atoms with van der Waals surface area (Å²) in [6, 6.07) is 17.4. The van der Waals surface area contributed by atoms with Crippen molar-refractivity contribution in [2.75, 3.05) is 7.11 Å². The number of nitrogens with one attached hydrogen (secondary N) is 1. The fourth-order valence-corrected chi connectivity index (χ4v) is 4.48. The van der Waals surface area contributed by atoms with E-state index in [1.807, 2.05) is 54.6 Å². The third kappa shape index (κ3) is 4.62. The van der Waals surface area contributed by atoms with Gasteiger partial charge in [0.2, 0.25) is 0 Å². The van der Waals surface area contributed by atoms with Gasteiger partial charge in [0.15, 0.2) is 0 Å². The first-order chi connectivity index (χ1) is 16.1. The Labute approximate surface area is 199 Å². The molecule has 0 spiro atoms. The van der Waals surface area contributed by atoms with Gasteiger partial charge in [-0.15, -0.1) is 0 Å². The first-order valence-electron chi connectivity index (χ1n) is 10.1. The van der Waals surface area contributed by atoms with Crippen LogP contribution in [-0.4, -0.2) is 22.3 Å². The van der Waals surface area contributed by atoms with E-state index in [-0.39, 0.29) is 5.91 Å². The number of carbonyl (C=O) groups excluding carboxylic acids is 1. The van der Waals surface area contributed by atoms with Crippen molar-refractivity contribution < 1.29 is 18.7 Å². The van der Waals surface area contributed by atoms with E-state index in [1.165, 1.54) is 11.8 Å². The van der Waals surface area contributed by atoms with Crippen LogP contribution in [0.5, 0.6) is 11.5 Å². The molecule has 33 heavy (non-hydrogen) atoms. The topological polar surface area (TPSA) is 73.6 Å². The maximum Gasteiger partial charge on any atom is 0.263 e. The Morgan fingerprint density at radius 2 is 1.97 bits per heavy atom. The van der Waals surface area contributed by atoms with Gasteiger partial charge in [-0.1, -0.05) is 48.2 Å². The minimum absolute atomic E-state index is 0.217. The lowest BCUT2D eigenvalue weighted by Crippen LogP contribution is -2.17. The Morgan fingerprint density at radius 3 is 2.73 bits per heavy atom. The van der Waals surface area contributed by atoms with Crippen molar-refractivity contribution in [2.45, 2.75) is 6.61 Å². The van der Waals surface area contributed by atoms with E-state index in [9.17, 15) is 4.79 Å². The molecule has 8 heteroatoms. The molecule has 3 heterocycles. The lowest BCUT2D eigenvalue weighted by molar-refractivity contribution is -0.115. The zero-order chi connectivity index (χ0) is 22.8. The number of hydrogen-bond donors (Lipinski definition) is 1. The Kier molecular flexibility index (Phi) is 5.85. The molecule has 1 saturated heterocycles. The van der Waals surface area contributed by atoms with Crippen LogP contribution in [0.4, 0.5) is 0 Å². The van der Waals surface area contributed by atoms with E-state index in [4.69, 9.17) is 26.1 Å². The number of thiocarbonyl (C=S) groups is 1. The van der Waals surface area contributed by atoms with Crippen molar-refractivity contribution in [2.24, 2.45) is 0 Å². The molecule has 0 unspecified atom stereocenters. The van der Waals surface area contributed by atoms with Crippen LogP contribution in [0.15, 0.2) is 76.3 Å². The van der Waals surface area contributed by atoms with Crippen molar-refractivity contribution in [1.29, 1.82) is 0 Å². The molecule has 1 amide bonds. The van der Waals surface area contributed by atoms with E-state index in [0.717, 1.165) is 33.6 Å². The molecule has 164 valence electrons. The number of amides is 1. The summed E-state index contributed by atoms with van der Waals surface area (Å²) in [5.74, 6) is 1.89. The largest absolute Gasteiger partial charge is 0.497 e. The summed E-state index contributed by atoms with van der Waals surface area (Å²) in [5, 5.41) is 3.45. The molecule has 4 aromatic rings. The molecule has 0 aliphatic carbocycles. The molecular weight excluding hydrogens is 456 g/mol. The second kappa shape index (κ2) is 9.09. The summed E-state index contributed by atoms with van der Waals surface area (Å²) < 4.78 is 17.7. The van der Waals surface area contributed by atoms with Crippen LogP contribution in [0.3, 0.4) is 0 Å². The lowest BCUT2D eigenvalue weighted by atomic mass is 10.1. The van der Waals surface area contributed by atoms with Gasteiger partial charge < -0.3 is 19.2 Å². The number of rotatable bonds is 6. The summed E-state index contributed by atoms with van der Waals surface area (Å²) in [5.41, 5.74) is 3.49. The summed E-state index contributed by atoms with van der Waals surface area (Å²) in [6.07, 6.45) is 5.19. The van der Waals surface area contributed by atoms with Crippen LogP contribution in [0.2, 0.25) is 0 Å². The van der Waals surface area contributed by atoms with E-state index < -0.39 is 0 Å².